The highest BCUT2D eigenvalue weighted by Crippen LogP contribution is 2.20. The lowest BCUT2D eigenvalue weighted by molar-refractivity contribution is -0.146. The van der Waals surface area contributed by atoms with Crippen molar-refractivity contribution in [2.45, 2.75) is 98.8 Å². The zero-order valence-electron chi connectivity index (χ0n) is 18.0. The van der Waals surface area contributed by atoms with Gasteiger partial charge in [-0.2, -0.15) is 0 Å². The Morgan fingerprint density at radius 3 is 1.69 bits per heavy atom. The molecule has 26 heavy (non-hydrogen) atoms. The van der Waals surface area contributed by atoms with Crippen LogP contribution in [0.3, 0.4) is 0 Å². The first-order chi connectivity index (χ1) is 12.5. The standard InChI is InChI=1S/C22H43NO3/c1-6-11-13-19(8-3)17-23(18-20(9-4)14-12-7-2)21(24)15-16-22(25)26-10-5/h19-20H,6-18H2,1-5H3. The van der Waals surface area contributed by atoms with Crippen molar-refractivity contribution in [3.63, 3.8) is 0 Å². The lowest BCUT2D eigenvalue weighted by Crippen LogP contribution is -2.39. The molecule has 0 rings (SSSR count). The molecule has 154 valence electrons. The molecule has 0 aliphatic carbocycles. The molecule has 0 aliphatic rings. The molecule has 0 aliphatic heterocycles. The van der Waals surface area contributed by atoms with E-state index in [9.17, 15) is 9.59 Å². The molecule has 0 saturated heterocycles. The van der Waals surface area contributed by atoms with Crippen molar-refractivity contribution in [3.05, 3.63) is 0 Å². The van der Waals surface area contributed by atoms with Crippen molar-refractivity contribution < 1.29 is 14.3 Å². The fourth-order valence-corrected chi connectivity index (χ4v) is 3.34. The van der Waals surface area contributed by atoms with Gasteiger partial charge >= 0.3 is 5.97 Å². The summed E-state index contributed by atoms with van der Waals surface area (Å²) in [5.41, 5.74) is 0. The first-order valence-electron chi connectivity index (χ1n) is 10.9. The molecular formula is C22H43NO3. The van der Waals surface area contributed by atoms with Gasteiger partial charge in [0.15, 0.2) is 0 Å². The SMILES string of the molecule is CCCCC(CC)CN(CC(CC)CCCC)C(=O)CCC(=O)OCC. The first kappa shape index (κ1) is 24.9. The number of esters is 1. The van der Waals surface area contributed by atoms with Crippen LogP contribution in [0.15, 0.2) is 0 Å². The molecule has 0 aromatic carbocycles. The Hall–Kier alpha value is -1.06. The fourth-order valence-electron chi connectivity index (χ4n) is 3.34. The Kier molecular flexibility index (Phi) is 15.5. The van der Waals surface area contributed by atoms with Gasteiger partial charge in [0.25, 0.3) is 0 Å². The van der Waals surface area contributed by atoms with Crippen LogP contribution >= 0.6 is 0 Å². The van der Waals surface area contributed by atoms with Crippen LogP contribution in [-0.2, 0) is 14.3 Å². The lowest BCUT2D eigenvalue weighted by Gasteiger charge is -2.31. The second kappa shape index (κ2) is 16.1. The minimum absolute atomic E-state index is 0.114. The Labute approximate surface area is 162 Å². The van der Waals surface area contributed by atoms with Crippen LogP contribution in [0, 0.1) is 11.8 Å². The van der Waals surface area contributed by atoms with E-state index in [2.05, 4.69) is 27.7 Å². The van der Waals surface area contributed by atoms with Crippen molar-refractivity contribution in [2.75, 3.05) is 19.7 Å². The largest absolute Gasteiger partial charge is 0.466 e. The maximum absolute atomic E-state index is 12.8. The minimum Gasteiger partial charge on any atom is -0.466 e. The summed E-state index contributed by atoms with van der Waals surface area (Å²) in [7, 11) is 0. The Morgan fingerprint density at radius 1 is 0.808 bits per heavy atom. The van der Waals surface area contributed by atoms with Crippen LogP contribution in [0.4, 0.5) is 0 Å². The monoisotopic (exact) mass is 369 g/mol. The molecule has 4 heteroatoms. The highest BCUT2D eigenvalue weighted by atomic mass is 16.5. The van der Waals surface area contributed by atoms with Gasteiger partial charge in [0.05, 0.1) is 13.0 Å². The normalized spacial score (nSPS) is 13.3. The first-order valence-corrected chi connectivity index (χ1v) is 10.9. The summed E-state index contributed by atoms with van der Waals surface area (Å²) in [5.74, 6) is 0.968. The molecule has 0 aromatic heterocycles. The zero-order chi connectivity index (χ0) is 19.8. The fraction of sp³-hybridized carbons (Fsp3) is 0.909. The quantitative estimate of drug-likeness (QED) is 0.333. The van der Waals surface area contributed by atoms with E-state index in [4.69, 9.17) is 4.74 Å². The number of rotatable bonds is 16. The van der Waals surface area contributed by atoms with Crippen LogP contribution in [0.25, 0.3) is 0 Å². The van der Waals surface area contributed by atoms with E-state index < -0.39 is 0 Å². The molecule has 2 atom stereocenters. The van der Waals surface area contributed by atoms with E-state index in [0.717, 1.165) is 25.9 Å². The third-order valence-electron chi connectivity index (χ3n) is 5.24. The average Bonchev–Trinajstić information content (AvgIpc) is 2.65. The Morgan fingerprint density at radius 2 is 1.31 bits per heavy atom. The Balaban J connectivity index is 4.87. The second-order valence-electron chi connectivity index (χ2n) is 7.44. The maximum atomic E-state index is 12.8. The number of carbonyl (C=O) groups excluding carboxylic acids is 2. The summed E-state index contributed by atoms with van der Waals surface area (Å²) >= 11 is 0. The van der Waals surface area contributed by atoms with Crippen LogP contribution in [0.1, 0.15) is 98.8 Å². The summed E-state index contributed by atoms with van der Waals surface area (Å²) in [4.78, 5) is 26.5. The van der Waals surface area contributed by atoms with Gasteiger partial charge in [0, 0.05) is 19.5 Å². The molecule has 0 saturated carbocycles. The predicted molar refractivity (Wildman–Crippen MR) is 109 cm³/mol. The highest BCUT2D eigenvalue weighted by Gasteiger charge is 2.22. The number of unbranched alkanes of at least 4 members (excludes halogenated alkanes) is 2. The molecule has 0 bridgehead atoms. The molecule has 2 unspecified atom stereocenters. The molecule has 1 amide bonds. The molecule has 0 aromatic rings. The lowest BCUT2D eigenvalue weighted by atomic mass is 9.95. The summed E-state index contributed by atoms with van der Waals surface area (Å²) in [6, 6.07) is 0. The number of ether oxygens (including phenoxy) is 1. The number of amides is 1. The summed E-state index contributed by atoms with van der Waals surface area (Å²) in [6.45, 7) is 12.7. The van der Waals surface area contributed by atoms with Gasteiger partial charge in [-0.1, -0.05) is 66.2 Å². The number of hydrogen-bond donors (Lipinski definition) is 0. The van der Waals surface area contributed by atoms with Crippen LogP contribution in [0.5, 0.6) is 0 Å². The molecule has 0 fully saturated rings. The van der Waals surface area contributed by atoms with Gasteiger partial charge in [0.2, 0.25) is 5.91 Å². The number of nitrogens with zero attached hydrogens (tertiary/aromatic N) is 1. The van der Waals surface area contributed by atoms with Crippen molar-refractivity contribution in [2.24, 2.45) is 11.8 Å². The van der Waals surface area contributed by atoms with Gasteiger partial charge in [-0.05, 0) is 31.6 Å². The molecular weight excluding hydrogens is 326 g/mol. The van der Waals surface area contributed by atoms with Crippen molar-refractivity contribution >= 4 is 11.9 Å². The second-order valence-corrected chi connectivity index (χ2v) is 7.44. The van der Waals surface area contributed by atoms with E-state index in [-0.39, 0.29) is 24.7 Å². The molecule has 0 radical (unpaired) electrons. The van der Waals surface area contributed by atoms with E-state index in [1.165, 1.54) is 38.5 Å². The Bertz CT molecular complexity index is 352. The van der Waals surface area contributed by atoms with Gasteiger partial charge in [-0.25, -0.2) is 0 Å². The van der Waals surface area contributed by atoms with Gasteiger partial charge in [-0.15, -0.1) is 0 Å². The summed E-state index contributed by atoms with van der Waals surface area (Å²) < 4.78 is 4.97. The summed E-state index contributed by atoms with van der Waals surface area (Å²) in [6.07, 6.45) is 9.87. The van der Waals surface area contributed by atoms with Gasteiger partial charge in [0.1, 0.15) is 0 Å². The van der Waals surface area contributed by atoms with Crippen molar-refractivity contribution in [1.29, 1.82) is 0 Å². The summed E-state index contributed by atoms with van der Waals surface area (Å²) in [5, 5.41) is 0. The van der Waals surface area contributed by atoms with E-state index in [1.807, 2.05) is 4.90 Å². The van der Waals surface area contributed by atoms with Crippen molar-refractivity contribution in [3.8, 4) is 0 Å². The van der Waals surface area contributed by atoms with E-state index in [1.54, 1.807) is 6.92 Å². The van der Waals surface area contributed by atoms with Gasteiger partial charge < -0.3 is 9.64 Å². The maximum Gasteiger partial charge on any atom is 0.306 e. The van der Waals surface area contributed by atoms with Crippen LogP contribution < -0.4 is 0 Å². The number of carbonyl (C=O) groups is 2. The molecule has 4 nitrogen and oxygen atoms in total. The van der Waals surface area contributed by atoms with E-state index >= 15 is 0 Å². The smallest absolute Gasteiger partial charge is 0.306 e. The van der Waals surface area contributed by atoms with Crippen molar-refractivity contribution in [1.82, 2.24) is 4.90 Å². The predicted octanol–water partition coefficient (Wildman–Crippen LogP) is 5.59. The van der Waals surface area contributed by atoms with Gasteiger partial charge in [-0.3, -0.25) is 9.59 Å². The molecule has 0 heterocycles. The highest BCUT2D eigenvalue weighted by molar-refractivity contribution is 5.81. The molecule has 0 spiro atoms. The van der Waals surface area contributed by atoms with Crippen LogP contribution in [-0.4, -0.2) is 36.5 Å². The van der Waals surface area contributed by atoms with E-state index in [0.29, 0.717) is 18.4 Å². The number of hydrogen-bond acceptors (Lipinski definition) is 3. The third kappa shape index (κ3) is 11.5. The molecule has 0 N–H and O–H groups in total. The average molecular weight is 370 g/mol. The zero-order valence-corrected chi connectivity index (χ0v) is 18.0. The van der Waals surface area contributed by atoms with Crippen LogP contribution in [0.2, 0.25) is 0 Å². The minimum atomic E-state index is -0.267. The topological polar surface area (TPSA) is 46.6 Å². The third-order valence-corrected chi connectivity index (χ3v) is 5.24.